The zero-order valence-electron chi connectivity index (χ0n) is 10.8. The van der Waals surface area contributed by atoms with Gasteiger partial charge in [0.05, 0.1) is 11.6 Å². The van der Waals surface area contributed by atoms with E-state index >= 15 is 0 Å². The standard InChI is InChI=1S/C14H16FN3O/c1-17-14(19)10-4-3-7-18(9-10)13-6-2-5-12(15)11(13)8-16/h2,5-6,10H,3-4,7,9H2,1H3,(H,17,19)/t10-/m0/s1. The van der Waals surface area contributed by atoms with Gasteiger partial charge in [-0.25, -0.2) is 4.39 Å². The maximum absolute atomic E-state index is 13.6. The SMILES string of the molecule is CNC(=O)[C@H]1CCCN(c2cccc(F)c2C#N)C1. The summed E-state index contributed by atoms with van der Waals surface area (Å²) in [5.41, 5.74) is 0.635. The number of carbonyl (C=O) groups is 1. The molecule has 0 saturated carbocycles. The van der Waals surface area contributed by atoms with Crippen molar-refractivity contribution in [2.24, 2.45) is 5.92 Å². The molecule has 1 N–H and O–H groups in total. The van der Waals surface area contributed by atoms with Crippen LogP contribution in [-0.2, 0) is 4.79 Å². The lowest BCUT2D eigenvalue weighted by atomic mass is 9.96. The van der Waals surface area contributed by atoms with E-state index in [2.05, 4.69) is 5.32 Å². The number of anilines is 1. The van der Waals surface area contributed by atoms with Crippen molar-refractivity contribution in [1.82, 2.24) is 5.32 Å². The molecule has 1 fully saturated rings. The fourth-order valence-corrected chi connectivity index (χ4v) is 2.50. The number of amides is 1. The first-order valence-corrected chi connectivity index (χ1v) is 6.32. The van der Waals surface area contributed by atoms with Gasteiger partial charge in [0, 0.05) is 20.1 Å². The van der Waals surface area contributed by atoms with E-state index in [0.717, 1.165) is 19.4 Å². The van der Waals surface area contributed by atoms with E-state index in [1.807, 2.05) is 11.0 Å². The Morgan fingerprint density at radius 3 is 3.05 bits per heavy atom. The van der Waals surface area contributed by atoms with Gasteiger partial charge >= 0.3 is 0 Å². The predicted molar refractivity (Wildman–Crippen MR) is 70.1 cm³/mol. The Balaban J connectivity index is 2.25. The molecule has 5 heteroatoms. The van der Waals surface area contributed by atoms with Gasteiger partial charge in [0.25, 0.3) is 0 Å². The van der Waals surface area contributed by atoms with Crippen LogP contribution in [0, 0.1) is 23.1 Å². The van der Waals surface area contributed by atoms with E-state index in [1.54, 1.807) is 19.2 Å². The van der Waals surface area contributed by atoms with Crippen LogP contribution in [0.25, 0.3) is 0 Å². The van der Waals surface area contributed by atoms with Gasteiger partial charge in [0.2, 0.25) is 5.91 Å². The second-order valence-electron chi connectivity index (χ2n) is 4.65. The van der Waals surface area contributed by atoms with Gasteiger partial charge in [0.15, 0.2) is 0 Å². The zero-order chi connectivity index (χ0) is 13.8. The highest BCUT2D eigenvalue weighted by molar-refractivity contribution is 5.79. The second-order valence-corrected chi connectivity index (χ2v) is 4.65. The van der Waals surface area contributed by atoms with Crippen LogP contribution in [0.1, 0.15) is 18.4 Å². The average Bonchev–Trinajstić information content (AvgIpc) is 2.46. The maximum atomic E-state index is 13.6. The van der Waals surface area contributed by atoms with Crippen LogP contribution >= 0.6 is 0 Å². The molecule has 1 amide bonds. The minimum Gasteiger partial charge on any atom is -0.370 e. The Bertz CT molecular complexity index is 524. The van der Waals surface area contributed by atoms with Gasteiger partial charge in [-0.3, -0.25) is 4.79 Å². The van der Waals surface area contributed by atoms with Crippen molar-refractivity contribution in [2.45, 2.75) is 12.8 Å². The Morgan fingerprint density at radius 2 is 2.37 bits per heavy atom. The van der Waals surface area contributed by atoms with Crippen LogP contribution in [-0.4, -0.2) is 26.0 Å². The molecule has 1 aromatic rings. The monoisotopic (exact) mass is 261 g/mol. The number of benzene rings is 1. The molecule has 1 aliphatic heterocycles. The minimum atomic E-state index is -0.512. The first kappa shape index (κ1) is 13.3. The number of nitriles is 1. The van der Waals surface area contributed by atoms with Crippen molar-refractivity contribution < 1.29 is 9.18 Å². The number of piperidine rings is 1. The summed E-state index contributed by atoms with van der Waals surface area (Å²) in [6.07, 6.45) is 1.69. The summed E-state index contributed by atoms with van der Waals surface area (Å²) in [7, 11) is 1.62. The highest BCUT2D eigenvalue weighted by Crippen LogP contribution is 2.27. The lowest BCUT2D eigenvalue weighted by Gasteiger charge is -2.34. The van der Waals surface area contributed by atoms with Gasteiger partial charge in [-0.15, -0.1) is 0 Å². The highest BCUT2D eigenvalue weighted by Gasteiger charge is 2.26. The molecule has 1 aromatic carbocycles. The first-order chi connectivity index (χ1) is 9.17. The fraction of sp³-hybridized carbons (Fsp3) is 0.429. The molecule has 1 aliphatic rings. The summed E-state index contributed by atoms with van der Waals surface area (Å²) >= 11 is 0. The van der Waals surface area contributed by atoms with Crippen molar-refractivity contribution in [1.29, 1.82) is 5.26 Å². The third-order valence-electron chi connectivity index (χ3n) is 3.48. The van der Waals surface area contributed by atoms with Crippen LogP contribution in [0.2, 0.25) is 0 Å². The van der Waals surface area contributed by atoms with E-state index in [1.165, 1.54) is 6.07 Å². The smallest absolute Gasteiger partial charge is 0.224 e. The molecule has 4 nitrogen and oxygen atoms in total. The summed E-state index contributed by atoms with van der Waals surface area (Å²) in [6, 6.07) is 6.50. The summed E-state index contributed by atoms with van der Waals surface area (Å²) in [4.78, 5) is 13.6. The largest absolute Gasteiger partial charge is 0.370 e. The molecule has 2 rings (SSSR count). The number of carbonyl (C=O) groups excluding carboxylic acids is 1. The first-order valence-electron chi connectivity index (χ1n) is 6.32. The number of nitrogens with one attached hydrogen (secondary N) is 1. The van der Waals surface area contributed by atoms with Crippen molar-refractivity contribution in [2.75, 3.05) is 25.0 Å². The number of nitrogens with zero attached hydrogens (tertiary/aromatic N) is 2. The summed E-state index contributed by atoms with van der Waals surface area (Å²) in [6.45, 7) is 1.27. The summed E-state index contributed by atoms with van der Waals surface area (Å²) in [5.74, 6) is -0.616. The highest BCUT2D eigenvalue weighted by atomic mass is 19.1. The topological polar surface area (TPSA) is 56.1 Å². The third-order valence-corrected chi connectivity index (χ3v) is 3.48. The van der Waals surface area contributed by atoms with Gasteiger partial charge in [-0.05, 0) is 25.0 Å². The van der Waals surface area contributed by atoms with Crippen molar-refractivity contribution in [3.63, 3.8) is 0 Å². The minimum absolute atomic E-state index is 0.000360. The van der Waals surface area contributed by atoms with E-state index in [4.69, 9.17) is 5.26 Å². The Kier molecular flexibility index (Phi) is 4.00. The van der Waals surface area contributed by atoms with Crippen LogP contribution in [0.15, 0.2) is 18.2 Å². The van der Waals surface area contributed by atoms with Crippen LogP contribution < -0.4 is 10.2 Å². The molecule has 0 aliphatic carbocycles. The van der Waals surface area contributed by atoms with Crippen LogP contribution in [0.5, 0.6) is 0 Å². The zero-order valence-corrected chi connectivity index (χ0v) is 10.8. The molecule has 100 valence electrons. The van der Waals surface area contributed by atoms with Gasteiger partial charge in [-0.2, -0.15) is 5.26 Å². The average molecular weight is 261 g/mol. The van der Waals surface area contributed by atoms with Crippen molar-refractivity contribution in [3.05, 3.63) is 29.6 Å². The molecular weight excluding hydrogens is 245 g/mol. The lowest BCUT2D eigenvalue weighted by Crippen LogP contribution is -2.42. The number of hydrogen-bond donors (Lipinski definition) is 1. The quantitative estimate of drug-likeness (QED) is 0.881. The van der Waals surface area contributed by atoms with E-state index in [-0.39, 0.29) is 17.4 Å². The predicted octanol–water partition coefficient (Wildman–Crippen LogP) is 1.66. The van der Waals surface area contributed by atoms with Gasteiger partial charge in [-0.1, -0.05) is 6.07 Å². The number of rotatable bonds is 2. The Labute approximate surface area is 111 Å². The maximum Gasteiger partial charge on any atom is 0.224 e. The number of halogens is 1. The normalized spacial score (nSPS) is 18.8. The Morgan fingerprint density at radius 1 is 1.58 bits per heavy atom. The number of hydrogen-bond acceptors (Lipinski definition) is 3. The third kappa shape index (κ3) is 2.68. The van der Waals surface area contributed by atoms with Crippen LogP contribution in [0.4, 0.5) is 10.1 Å². The molecule has 1 heterocycles. The molecule has 19 heavy (non-hydrogen) atoms. The molecular formula is C14H16FN3O. The van der Waals surface area contributed by atoms with Gasteiger partial charge < -0.3 is 10.2 Å². The molecule has 1 saturated heterocycles. The van der Waals surface area contributed by atoms with Crippen molar-refractivity contribution >= 4 is 11.6 Å². The summed E-state index contributed by atoms with van der Waals surface area (Å²) < 4.78 is 13.6. The molecule has 0 aromatic heterocycles. The molecule has 1 atom stereocenters. The molecule has 0 unspecified atom stereocenters. The molecule has 0 radical (unpaired) electrons. The lowest BCUT2D eigenvalue weighted by molar-refractivity contribution is -0.124. The van der Waals surface area contributed by atoms with E-state index < -0.39 is 5.82 Å². The Hall–Kier alpha value is -2.09. The van der Waals surface area contributed by atoms with Crippen LogP contribution in [0.3, 0.4) is 0 Å². The van der Waals surface area contributed by atoms with E-state index in [0.29, 0.717) is 12.2 Å². The van der Waals surface area contributed by atoms with Gasteiger partial charge in [0.1, 0.15) is 17.4 Å². The summed E-state index contributed by atoms with van der Waals surface area (Å²) in [5, 5.41) is 11.7. The van der Waals surface area contributed by atoms with E-state index in [9.17, 15) is 9.18 Å². The molecule has 0 bridgehead atoms. The fourth-order valence-electron chi connectivity index (χ4n) is 2.50. The molecule has 0 spiro atoms. The van der Waals surface area contributed by atoms with Crippen molar-refractivity contribution in [3.8, 4) is 6.07 Å². The second kappa shape index (κ2) is 5.70.